The quantitative estimate of drug-likeness (QED) is 0.823. The van der Waals surface area contributed by atoms with E-state index in [2.05, 4.69) is 32.5 Å². The van der Waals surface area contributed by atoms with Crippen LogP contribution in [0, 0.1) is 5.92 Å². The van der Waals surface area contributed by atoms with E-state index >= 15 is 0 Å². The average Bonchev–Trinajstić information content (AvgIpc) is 2.37. The Morgan fingerprint density at radius 3 is 3.18 bits per heavy atom. The van der Waals surface area contributed by atoms with Crippen molar-refractivity contribution in [3.05, 3.63) is 12.3 Å². The fraction of sp³-hybridized carbons (Fsp3) is 0.667. The minimum atomic E-state index is 0.663. The van der Waals surface area contributed by atoms with Crippen LogP contribution < -0.4 is 10.6 Å². The SMILES string of the molecule is CNc1nccc(NCC2CCCN(C)C2)n1. The summed E-state index contributed by atoms with van der Waals surface area (Å²) in [6, 6.07) is 1.91. The lowest BCUT2D eigenvalue weighted by atomic mass is 9.98. The zero-order chi connectivity index (χ0) is 12.1. The smallest absolute Gasteiger partial charge is 0.224 e. The van der Waals surface area contributed by atoms with Gasteiger partial charge in [0.15, 0.2) is 0 Å². The molecule has 0 amide bonds. The molecule has 0 bridgehead atoms. The summed E-state index contributed by atoms with van der Waals surface area (Å²) in [5, 5.41) is 6.33. The van der Waals surface area contributed by atoms with E-state index in [1.165, 1.54) is 25.9 Å². The normalized spacial score (nSPS) is 21.2. The summed E-state index contributed by atoms with van der Waals surface area (Å²) in [6.07, 6.45) is 4.38. The highest BCUT2D eigenvalue weighted by Gasteiger charge is 2.16. The second-order valence-corrected chi connectivity index (χ2v) is 4.67. The minimum Gasteiger partial charge on any atom is -0.370 e. The van der Waals surface area contributed by atoms with Crippen LogP contribution in [0.25, 0.3) is 0 Å². The van der Waals surface area contributed by atoms with Gasteiger partial charge in [-0.1, -0.05) is 0 Å². The number of likely N-dealkylation sites (tertiary alicyclic amines) is 1. The third-order valence-corrected chi connectivity index (χ3v) is 3.17. The highest BCUT2D eigenvalue weighted by atomic mass is 15.1. The molecule has 5 heteroatoms. The Hall–Kier alpha value is -1.36. The molecule has 2 N–H and O–H groups in total. The van der Waals surface area contributed by atoms with E-state index in [1.54, 1.807) is 6.20 Å². The number of aromatic nitrogens is 2. The van der Waals surface area contributed by atoms with E-state index in [4.69, 9.17) is 0 Å². The van der Waals surface area contributed by atoms with E-state index in [-0.39, 0.29) is 0 Å². The molecule has 1 fully saturated rings. The standard InChI is InChI=1S/C12H21N5/c1-13-12-14-6-5-11(16-12)15-8-10-4-3-7-17(2)9-10/h5-6,10H,3-4,7-9H2,1-2H3,(H2,13,14,15,16). The van der Waals surface area contributed by atoms with Gasteiger partial charge < -0.3 is 15.5 Å². The maximum atomic E-state index is 4.35. The molecule has 1 atom stereocenters. The van der Waals surface area contributed by atoms with Crippen molar-refractivity contribution in [2.75, 3.05) is 44.4 Å². The topological polar surface area (TPSA) is 53.1 Å². The van der Waals surface area contributed by atoms with Crippen LogP contribution in [0.15, 0.2) is 12.3 Å². The molecule has 1 aromatic rings. The molecule has 1 saturated heterocycles. The summed E-state index contributed by atoms with van der Waals surface area (Å²) in [7, 11) is 4.02. The Kier molecular flexibility index (Phi) is 4.14. The summed E-state index contributed by atoms with van der Waals surface area (Å²) < 4.78 is 0. The van der Waals surface area contributed by atoms with Crippen molar-refractivity contribution in [2.45, 2.75) is 12.8 Å². The Balaban J connectivity index is 1.84. The minimum absolute atomic E-state index is 0.663. The van der Waals surface area contributed by atoms with E-state index in [9.17, 15) is 0 Å². The number of piperidine rings is 1. The Bertz CT molecular complexity index is 355. The van der Waals surface area contributed by atoms with E-state index < -0.39 is 0 Å². The van der Waals surface area contributed by atoms with Crippen molar-refractivity contribution < 1.29 is 0 Å². The lowest BCUT2D eigenvalue weighted by Gasteiger charge is -2.29. The van der Waals surface area contributed by atoms with Gasteiger partial charge in [0.05, 0.1) is 0 Å². The van der Waals surface area contributed by atoms with Gasteiger partial charge in [-0.25, -0.2) is 4.98 Å². The van der Waals surface area contributed by atoms with Gasteiger partial charge in [0, 0.05) is 26.3 Å². The molecule has 94 valence electrons. The zero-order valence-electron chi connectivity index (χ0n) is 10.6. The first kappa shape index (κ1) is 12.1. The second kappa shape index (κ2) is 5.82. The monoisotopic (exact) mass is 235 g/mol. The first-order valence-electron chi connectivity index (χ1n) is 6.21. The molecule has 5 nitrogen and oxygen atoms in total. The highest BCUT2D eigenvalue weighted by molar-refractivity contribution is 5.39. The van der Waals surface area contributed by atoms with Crippen LogP contribution in [0.2, 0.25) is 0 Å². The maximum absolute atomic E-state index is 4.35. The van der Waals surface area contributed by atoms with Gasteiger partial charge >= 0.3 is 0 Å². The average molecular weight is 235 g/mol. The molecule has 0 radical (unpaired) electrons. The number of nitrogens with zero attached hydrogens (tertiary/aromatic N) is 3. The third kappa shape index (κ3) is 3.56. The van der Waals surface area contributed by atoms with E-state index in [1.807, 2.05) is 13.1 Å². The summed E-state index contributed by atoms with van der Waals surface area (Å²) >= 11 is 0. The Labute approximate surface area is 103 Å². The van der Waals surface area contributed by atoms with Gasteiger partial charge in [0.2, 0.25) is 5.95 Å². The van der Waals surface area contributed by atoms with Gasteiger partial charge in [0.25, 0.3) is 0 Å². The fourth-order valence-corrected chi connectivity index (χ4v) is 2.27. The largest absolute Gasteiger partial charge is 0.370 e. The second-order valence-electron chi connectivity index (χ2n) is 4.67. The van der Waals surface area contributed by atoms with Crippen molar-refractivity contribution in [3.8, 4) is 0 Å². The van der Waals surface area contributed by atoms with E-state index in [0.29, 0.717) is 5.95 Å². The van der Waals surface area contributed by atoms with Crippen LogP contribution in [0.3, 0.4) is 0 Å². The highest BCUT2D eigenvalue weighted by Crippen LogP contribution is 2.15. The van der Waals surface area contributed by atoms with Gasteiger partial charge in [-0.3, -0.25) is 0 Å². The molecule has 2 heterocycles. The molecule has 2 rings (SSSR count). The summed E-state index contributed by atoms with van der Waals surface area (Å²) in [5.74, 6) is 2.29. The van der Waals surface area contributed by atoms with Gasteiger partial charge in [-0.05, 0) is 38.4 Å². The van der Waals surface area contributed by atoms with Crippen LogP contribution in [0.1, 0.15) is 12.8 Å². The molecule has 0 aliphatic carbocycles. The number of anilines is 2. The van der Waals surface area contributed by atoms with Gasteiger partial charge in [0.1, 0.15) is 5.82 Å². The first-order valence-corrected chi connectivity index (χ1v) is 6.21. The van der Waals surface area contributed by atoms with E-state index in [0.717, 1.165) is 18.3 Å². The van der Waals surface area contributed by atoms with Crippen LogP contribution in [0.4, 0.5) is 11.8 Å². The maximum Gasteiger partial charge on any atom is 0.224 e. The summed E-state index contributed by atoms with van der Waals surface area (Å²) in [5.41, 5.74) is 0. The van der Waals surface area contributed by atoms with Crippen molar-refractivity contribution in [1.82, 2.24) is 14.9 Å². The fourth-order valence-electron chi connectivity index (χ4n) is 2.27. The molecule has 1 aliphatic heterocycles. The van der Waals surface area contributed by atoms with Crippen molar-refractivity contribution in [1.29, 1.82) is 0 Å². The van der Waals surface area contributed by atoms with Crippen molar-refractivity contribution >= 4 is 11.8 Å². The van der Waals surface area contributed by atoms with Crippen LogP contribution >= 0.6 is 0 Å². The van der Waals surface area contributed by atoms with Crippen molar-refractivity contribution in [2.24, 2.45) is 5.92 Å². The molecule has 0 aromatic carbocycles. The molecule has 0 saturated carbocycles. The predicted octanol–water partition coefficient (Wildman–Crippen LogP) is 1.27. The Morgan fingerprint density at radius 1 is 1.53 bits per heavy atom. The summed E-state index contributed by atoms with van der Waals surface area (Å²) in [4.78, 5) is 10.8. The molecule has 0 spiro atoms. The molecule has 1 aromatic heterocycles. The third-order valence-electron chi connectivity index (χ3n) is 3.17. The van der Waals surface area contributed by atoms with Crippen molar-refractivity contribution in [3.63, 3.8) is 0 Å². The Morgan fingerprint density at radius 2 is 2.41 bits per heavy atom. The lowest BCUT2D eigenvalue weighted by molar-refractivity contribution is 0.217. The predicted molar refractivity (Wildman–Crippen MR) is 70.3 cm³/mol. The number of rotatable bonds is 4. The number of hydrogen-bond acceptors (Lipinski definition) is 5. The molecular formula is C12H21N5. The first-order chi connectivity index (χ1) is 8.28. The molecular weight excluding hydrogens is 214 g/mol. The van der Waals surface area contributed by atoms with Crippen LogP contribution in [-0.4, -0.2) is 48.6 Å². The zero-order valence-corrected chi connectivity index (χ0v) is 10.6. The van der Waals surface area contributed by atoms with Gasteiger partial charge in [-0.15, -0.1) is 0 Å². The lowest BCUT2D eigenvalue weighted by Crippen LogP contribution is -2.35. The van der Waals surface area contributed by atoms with Crippen LogP contribution in [-0.2, 0) is 0 Å². The van der Waals surface area contributed by atoms with Gasteiger partial charge in [-0.2, -0.15) is 4.98 Å². The number of nitrogens with one attached hydrogen (secondary N) is 2. The molecule has 17 heavy (non-hydrogen) atoms. The molecule has 1 unspecified atom stereocenters. The number of hydrogen-bond donors (Lipinski definition) is 2. The molecule has 1 aliphatic rings. The van der Waals surface area contributed by atoms with Crippen LogP contribution in [0.5, 0.6) is 0 Å². The summed E-state index contributed by atoms with van der Waals surface area (Å²) in [6.45, 7) is 3.40.